The first-order valence-corrected chi connectivity index (χ1v) is 9.55. The van der Waals surface area contributed by atoms with Gasteiger partial charge in [0.2, 0.25) is 0 Å². The van der Waals surface area contributed by atoms with E-state index in [2.05, 4.69) is 20.2 Å². The molecular weight excluding hydrogens is 369 g/mol. The Kier molecular flexibility index (Phi) is 4.40. The summed E-state index contributed by atoms with van der Waals surface area (Å²) in [4.78, 5) is 15.5. The van der Waals surface area contributed by atoms with Gasteiger partial charge in [0.05, 0.1) is 29.1 Å². The van der Waals surface area contributed by atoms with Gasteiger partial charge in [-0.3, -0.25) is 15.1 Å². The van der Waals surface area contributed by atoms with E-state index in [9.17, 15) is 4.39 Å². The van der Waals surface area contributed by atoms with Crippen molar-refractivity contribution in [3.8, 4) is 22.6 Å². The lowest BCUT2D eigenvalue weighted by Gasteiger charge is -2.34. The van der Waals surface area contributed by atoms with Crippen molar-refractivity contribution in [2.75, 3.05) is 18.0 Å². The number of fused-ring (bicyclic) bond motifs is 1. The van der Waals surface area contributed by atoms with E-state index in [-0.39, 0.29) is 0 Å². The van der Waals surface area contributed by atoms with Crippen molar-refractivity contribution in [1.29, 1.82) is 0 Å². The number of pyridine rings is 3. The number of nitrogens with one attached hydrogen (secondary N) is 1. The number of nitrogens with two attached hydrogens (primary N) is 1. The summed E-state index contributed by atoms with van der Waals surface area (Å²) in [7, 11) is 0. The maximum Gasteiger partial charge on any atom is 0.129 e. The van der Waals surface area contributed by atoms with E-state index >= 15 is 0 Å². The van der Waals surface area contributed by atoms with Crippen LogP contribution >= 0.6 is 0 Å². The van der Waals surface area contributed by atoms with E-state index in [0.29, 0.717) is 19.5 Å². The number of anilines is 1. The van der Waals surface area contributed by atoms with Gasteiger partial charge in [0.15, 0.2) is 0 Å². The number of nitrogens with zero attached hydrogens (tertiary/aromatic N) is 5. The highest BCUT2D eigenvalue weighted by molar-refractivity contribution is 5.93. The summed E-state index contributed by atoms with van der Waals surface area (Å²) in [6.07, 6.45) is 4.74. The Labute approximate surface area is 166 Å². The van der Waals surface area contributed by atoms with Gasteiger partial charge in [0.1, 0.15) is 17.7 Å². The van der Waals surface area contributed by atoms with E-state index in [1.54, 1.807) is 18.6 Å². The van der Waals surface area contributed by atoms with Crippen molar-refractivity contribution in [2.45, 2.75) is 18.6 Å². The highest BCUT2D eigenvalue weighted by atomic mass is 19.1. The van der Waals surface area contributed by atoms with Gasteiger partial charge in [-0.25, -0.2) is 9.37 Å². The Balaban J connectivity index is 1.53. The first-order chi connectivity index (χ1) is 14.2. The summed E-state index contributed by atoms with van der Waals surface area (Å²) in [5.74, 6) is 0.780. The van der Waals surface area contributed by atoms with Crippen molar-refractivity contribution in [1.82, 2.24) is 25.1 Å². The second kappa shape index (κ2) is 7.21. The predicted molar refractivity (Wildman–Crippen MR) is 110 cm³/mol. The fourth-order valence-corrected chi connectivity index (χ4v) is 3.68. The normalized spacial score (nSPS) is 19.6. The van der Waals surface area contributed by atoms with Gasteiger partial charge >= 0.3 is 0 Å². The fraction of sp³-hybridized carbons (Fsp3) is 0.238. The first-order valence-electron chi connectivity index (χ1n) is 9.55. The molecule has 5 heterocycles. The Morgan fingerprint density at radius 1 is 1.14 bits per heavy atom. The molecule has 1 aliphatic rings. The number of H-pyrrole nitrogens is 1. The minimum Gasteiger partial charge on any atom is -0.355 e. The van der Waals surface area contributed by atoms with Gasteiger partial charge in [-0.1, -0.05) is 6.07 Å². The van der Waals surface area contributed by atoms with Crippen molar-refractivity contribution < 1.29 is 4.39 Å². The molecule has 2 unspecified atom stereocenters. The zero-order valence-electron chi connectivity index (χ0n) is 15.7. The van der Waals surface area contributed by atoms with E-state index < -0.39 is 12.2 Å². The van der Waals surface area contributed by atoms with Crippen LogP contribution in [0.15, 0.2) is 55.0 Å². The van der Waals surface area contributed by atoms with Crippen LogP contribution in [0.3, 0.4) is 0 Å². The van der Waals surface area contributed by atoms with E-state index in [1.165, 1.54) is 0 Å². The Morgan fingerprint density at radius 3 is 2.90 bits per heavy atom. The van der Waals surface area contributed by atoms with Crippen LogP contribution in [-0.4, -0.2) is 50.5 Å². The van der Waals surface area contributed by atoms with Crippen LogP contribution in [0.25, 0.3) is 33.5 Å². The van der Waals surface area contributed by atoms with Gasteiger partial charge < -0.3 is 10.6 Å². The Bertz CT molecular complexity index is 1140. The van der Waals surface area contributed by atoms with Crippen molar-refractivity contribution >= 4 is 16.7 Å². The fourth-order valence-electron chi connectivity index (χ4n) is 3.68. The maximum atomic E-state index is 13.7. The number of piperidine rings is 1. The highest BCUT2D eigenvalue weighted by Crippen LogP contribution is 2.29. The molecule has 0 aromatic carbocycles. The summed E-state index contributed by atoms with van der Waals surface area (Å²) in [6.45, 7) is 1.05. The van der Waals surface area contributed by atoms with Gasteiger partial charge in [-0.2, -0.15) is 5.10 Å². The lowest BCUT2D eigenvalue weighted by molar-refractivity contribution is 0.244. The molecule has 7 nitrogen and oxygen atoms in total. The van der Waals surface area contributed by atoms with Crippen LogP contribution in [0.1, 0.15) is 6.42 Å². The molecule has 29 heavy (non-hydrogen) atoms. The second-order valence-electron chi connectivity index (χ2n) is 7.22. The van der Waals surface area contributed by atoms with Crippen LogP contribution in [0, 0.1) is 0 Å². The molecule has 146 valence electrons. The number of rotatable bonds is 3. The number of aromatic amines is 1. The molecule has 0 spiro atoms. The molecule has 1 fully saturated rings. The standard InChI is InChI=1S/C21H20FN7/c22-15-6-8-29(12-16(15)23)20-5-1-4-17(26-20)21-14-9-18(13-3-2-7-24-10-13)25-11-19(14)27-28-21/h1-5,7,9-11,15-16H,6,8,12,23H2,(H,27,28). The van der Waals surface area contributed by atoms with Gasteiger partial charge in [0, 0.05) is 36.4 Å². The van der Waals surface area contributed by atoms with E-state index in [1.807, 2.05) is 41.3 Å². The molecule has 2 atom stereocenters. The summed E-state index contributed by atoms with van der Waals surface area (Å²) >= 11 is 0. The zero-order chi connectivity index (χ0) is 19.8. The third kappa shape index (κ3) is 3.31. The topological polar surface area (TPSA) is 96.6 Å². The molecule has 0 radical (unpaired) electrons. The molecule has 1 aliphatic heterocycles. The molecule has 0 amide bonds. The van der Waals surface area contributed by atoms with Crippen molar-refractivity contribution in [2.24, 2.45) is 5.73 Å². The molecule has 3 N–H and O–H groups in total. The number of hydrogen-bond donors (Lipinski definition) is 2. The number of aromatic nitrogens is 5. The van der Waals surface area contributed by atoms with Crippen molar-refractivity contribution in [3.05, 3.63) is 55.0 Å². The third-order valence-electron chi connectivity index (χ3n) is 5.28. The lowest BCUT2D eigenvalue weighted by atomic mass is 10.0. The largest absolute Gasteiger partial charge is 0.355 e. The van der Waals surface area contributed by atoms with Crippen LogP contribution in [0.4, 0.5) is 10.2 Å². The maximum absolute atomic E-state index is 13.7. The average molecular weight is 389 g/mol. The molecular formula is C21H20FN7. The summed E-state index contributed by atoms with van der Waals surface area (Å²) in [5, 5.41) is 8.43. The second-order valence-corrected chi connectivity index (χ2v) is 7.22. The molecule has 0 aliphatic carbocycles. The lowest BCUT2D eigenvalue weighted by Crippen LogP contribution is -2.50. The summed E-state index contributed by atoms with van der Waals surface area (Å²) in [5.41, 5.74) is 9.99. The van der Waals surface area contributed by atoms with E-state index in [4.69, 9.17) is 10.7 Å². The van der Waals surface area contributed by atoms with Gasteiger partial charge in [-0.15, -0.1) is 0 Å². The van der Waals surface area contributed by atoms with E-state index in [0.717, 1.165) is 39.4 Å². The zero-order valence-corrected chi connectivity index (χ0v) is 15.7. The third-order valence-corrected chi connectivity index (χ3v) is 5.28. The Hall–Kier alpha value is -3.39. The van der Waals surface area contributed by atoms with Crippen LogP contribution < -0.4 is 10.6 Å². The highest BCUT2D eigenvalue weighted by Gasteiger charge is 2.27. The molecule has 5 rings (SSSR count). The summed E-state index contributed by atoms with van der Waals surface area (Å²) < 4.78 is 13.7. The molecule has 0 saturated carbocycles. The molecule has 0 bridgehead atoms. The minimum atomic E-state index is -0.955. The molecule has 1 saturated heterocycles. The summed E-state index contributed by atoms with van der Waals surface area (Å²) in [6, 6.07) is 11.1. The average Bonchev–Trinajstić information content (AvgIpc) is 3.20. The smallest absolute Gasteiger partial charge is 0.129 e. The minimum absolute atomic E-state index is 0.415. The quantitative estimate of drug-likeness (QED) is 0.559. The van der Waals surface area contributed by atoms with Gasteiger partial charge in [0.25, 0.3) is 0 Å². The molecule has 8 heteroatoms. The SMILES string of the molecule is NC1CN(c2cccc(-c3n[nH]c4cnc(-c5cccnc5)cc34)n2)CCC1F. The van der Waals surface area contributed by atoms with Gasteiger partial charge in [-0.05, 0) is 36.8 Å². The first kappa shape index (κ1) is 17.7. The van der Waals surface area contributed by atoms with Crippen LogP contribution in [0.5, 0.6) is 0 Å². The molecule has 4 aromatic rings. The number of alkyl halides is 1. The monoisotopic (exact) mass is 389 g/mol. The van der Waals surface area contributed by atoms with Crippen LogP contribution in [0.2, 0.25) is 0 Å². The number of halogens is 1. The predicted octanol–water partition coefficient (Wildman–Crippen LogP) is 2.96. The van der Waals surface area contributed by atoms with Crippen molar-refractivity contribution in [3.63, 3.8) is 0 Å². The molecule has 4 aromatic heterocycles. The Morgan fingerprint density at radius 2 is 2.07 bits per heavy atom. The number of hydrogen-bond acceptors (Lipinski definition) is 6. The van der Waals surface area contributed by atoms with Crippen LogP contribution in [-0.2, 0) is 0 Å².